The van der Waals surface area contributed by atoms with E-state index in [1.54, 1.807) is 11.5 Å². The molecule has 23 heavy (non-hydrogen) atoms. The Kier molecular flexibility index (Phi) is 5.79. The number of nitrogens with zero attached hydrogens (tertiary/aromatic N) is 1. The maximum absolute atomic E-state index is 13.9. The first-order valence-corrected chi connectivity index (χ1v) is 8.38. The molecular weight excluding hydrogens is 319 g/mol. The van der Waals surface area contributed by atoms with Gasteiger partial charge in [0.1, 0.15) is 11.4 Å². The van der Waals surface area contributed by atoms with Crippen molar-refractivity contribution in [3.05, 3.63) is 39.9 Å². The van der Waals surface area contributed by atoms with Gasteiger partial charge in [0, 0.05) is 29.9 Å². The summed E-state index contributed by atoms with van der Waals surface area (Å²) in [7, 11) is 0. The third kappa shape index (κ3) is 3.56. The van der Waals surface area contributed by atoms with Crippen LogP contribution >= 0.6 is 11.8 Å². The first-order chi connectivity index (χ1) is 11.0. The number of nitrogens with two attached hydrogens (primary N) is 1. The number of benzene rings is 1. The van der Waals surface area contributed by atoms with Crippen molar-refractivity contribution in [3.8, 4) is 0 Å². The smallest absolute Gasteiger partial charge is 0.343 e. The van der Waals surface area contributed by atoms with Crippen molar-refractivity contribution in [2.24, 2.45) is 5.73 Å². The van der Waals surface area contributed by atoms with Crippen molar-refractivity contribution in [2.75, 3.05) is 18.9 Å². The lowest BCUT2D eigenvalue weighted by Gasteiger charge is -2.14. The number of halogens is 1. The number of thioether (sulfide) groups is 1. The summed E-state index contributed by atoms with van der Waals surface area (Å²) < 4.78 is 20.6. The Morgan fingerprint density at radius 1 is 1.39 bits per heavy atom. The predicted molar refractivity (Wildman–Crippen MR) is 89.6 cm³/mol. The molecule has 0 aliphatic rings. The molecule has 0 spiro atoms. The second-order valence-corrected chi connectivity index (χ2v) is 5.95. The lowest BCUT2D eigenvalue weighted by atomic mass is 10.1. The standard InChI is InChI=1S/C16H19FN2O3S/c1-3-19-9-12(16(21)22-4-2)15(20)11-7-10(17)8-13(14(11)19)23-6-5-18/h7-9H,3-6,18H2,1-2H3. The molecule has 0 radical (unpaired) electrons. The summed E-state index contributed by atoms with van der Waals surface area (Å²) in [5, 5.41) is 0.178. The molecule has 0 saturated carbocycles. The minimum absolute atomic E-state index is 0.0819. The minimum Gasteiger partial charge on any atom is -0.462 e. The zero-order chi connectivity index (χ0) is 17.0. The lowest BCUT2D eigenvalue weighted by Crippen LogP contribution is -2.21. The summed E-state index contributed by atoms with van der Waals surface area (Å²) in [4.78, 5) is 25.2. The van der Waals surface area contributed by atoms with E-state index in [-0.39, 0.29) is 17.6 Å². The van der Waals surface area contributed by atoms with Crippen LogP contribution in [-0.2, 0) is 11.3 Å². The Labute approximate surface area is 137 Å². The number of ether oxygens (including phenoxy) is 1. The third-order valence-corrected chi connectivity index (χ3v) is 4.37. The van der Waals surface area contributed by atoms with E-state index in [2.05, 4.69) is 0 Å². The van der Waals surface area contributed by atoms with Gasteiger partial charge in [-0.05, 0) is 26.0 Å². The average molecular weight is 338 g/mol. The van der Waals surface area contributed by atoms with Gasteiger partial charge in [0.2, 0.25) is 5.43 Å². The molecular formula is C16H19FN2O3S. The summed E-state index contributed by atoms with van der Waals surface area (Å²) in [5.41, 5.74) is 5.53. The predicted octanol–water partition coefficient (Wildman–Crippen LogP) is 2.39. The van der Waals surface area contributed by atoms with Crippen LogP contribution < -0.4 is 11.2 Å². The molecule has 0 saturated heterocycles. The lowest BCUT2D eigenvalue weighted by molar-refractivity contribution is 0.0524. The van der Waals surface area contributed by atoms with Gasteiger partial charge in [0.15, 0.2) is 0 Å². The van der Waals surface area contributed by atoms with Gasteiger partial charge < -0.3 is 15.0 Å². The summed E-state index contributed by atoms with van der Waals surface area (Å²) in [5.74, 6) is -0.601. The van der Waals surface area contributed by atoms with Crippen molar-refractivity contribution in [2.45, 2.75) is 25.3 Å². The molecule has 5 nitrogen and oxygen atoms in total. The van der Waals surface area contributed by atoms with Crippen LogP contribution in [0.15, 0.2) is 28.0 Å². The highest BCUT2D eigenvalue weighted by atomic mass is 32.2. The van der Waals surface area contributed by atoms with E-state index in [1.165, 1.54) is 30.1 Å². The van der Waals surface area contributed by atoms with Gasteiger partial charge in [-0.15, -0.1) is 11.8 Å². The number of hydrogen-bond acceptors (Lipinski definition) is 5. The highest BCUT2D eigenvalue weighted by molar-refractivity contribution is 7.99. The second-order valence-electron chi connectivity index (χ2n) is 4.82. The summed E-state index contributed by atoms with van der Waals surface area (Å²) in [6, 6.07) is 2.55. The average Bonchev–Trinajstić information content (AvgIpc) is 2.53. The monoisotopic (exact) mass is 338 g/mol. The molecule has 1 aromatic heterocycles. The van der Waals surface area contributed by atoms with E-state index in [4.69, 9.17) is 10.5 Å². The van der Waals surface area contributed by atoms with E-state index in [0.29, 0.717) is 29.3 Å². The molecule has 1 heterocycles. The number of hydrogen-bond donors (Lipinski definition) is 1. The topological polar surface area (TPSA) is 74.3 Å². The zero-order valence-corrected chi connectivity index (χ0v) is 13.9. The van der Waals surface area contributed by atoms with Gasteiger partial charge in [0.05, 0.1) is 17.5 Å². The molecule has 0 aliphatic carbocycles. The van der Waals surface area contributed by atoms with Crippen LogP contribution in [0.4, 0.5) is 4.39 Å². The maximum Gasteiger partial charge on any atom is 0.343 e. The quantitative estimate of drug-likeness (QED) is 0.647. The van der Waals surface area contributed by atoms with Gasteiger partial charge in [-0.1, -0.05) is 0 Å². The van der Waals surface area contributed by atoms with Gasteiger partial charge in [-0.25, -0.2) is 9.18 Å². The zero-order valence-electron chi connectivity index (χ0n) is 13.1. The van der Waals surface area contributed by atoms with Crippen LogP contribution in [0.1, 0.15) is 24.2 Å². The van der Waals surface area contributed by atoms with E-state index >= 15 is 0 Å². The highest BCUT2D eigenvalue weighted by Crippen LogP contribution is 2.28. The number of aromatic nitrogens is 1. The van der Waals surface area contributed by atoms with Crippen LogP contribution in [0.5, 0.6) is 0 Å². The Balaban J connectivity index is 2.76. The fourth-order valence-electron chi connectivity index (χ4n) is 2.35. The number of aryl methyl sites for hydroxylation is 1. The molecule has 2 aromatic rings. The van der Waals surface area contributed by atoms with Crippen LogP contribution in [0.25, 0.3) is 10.9 Å². The fourth-order valence-corrected chi connectivity index (χ4v) is 3.25. The van der Waals surface area contributed by atoms with Crippen LogP contribution in [0.2, 0.25) is 0 Å². The van der Waals surface area contributed by atoms with E-state index < -0.39 is 17.2 Å². The van der Waals surface area contributed by atoms with Crippen molar-refractivity contribution in [1.82, 2.24) is 4.57 Å². The maximum atomic E-state index is 13.9. The Bertz CT molecular complexity index is 789. The van der Waals surface area contributed by atoms with E-state index in [9.17, 15) is 14.0 Å². The van der Waals surface area contributed by atoms with Crippen molar-refractivity contribution in [3.63, 3.8) is 0 Å². The van der Waals surface area contributed by atoms with Crippen molar-refractivity contribution >= 4 is 28.6 Å². The van der Waals surface area contributed by atoms with Crippen molar-refractivity contribution < 1.29 is 13.9 Å². The van der Waals surface area contributed by atoms with Crippen molar-refractivity contribution in [1.29, 1.82) is 0 Å². The first-order valence-electron chi connectivity index (χ1n) is 7.40. The number of pyridine rings is 1. The molecule has 124 valence electrons. The number of carbonyl (C=O) groups excluding carboxylic acids is 1. The molecule has 0 atom stereocenters. The van der Waals surface area contributed by atoms with Gasteiger partial charge in [-0.2, -0.15) is 0 Å². The van der Waals surface area contributed by atoms with Gasteiger partial charge in [0.25, 0.3) is 0 Å². The molecule has 0 bridgehead atoms. The summed E-state index contributed by atoms with van der Waals surface area (Å²) in [6.45, 7) is 4.70. The largest absolute Gasteiger partial charge is 0.462 e. The molecule has 0 amide bonds. The molecule has 1 aromatic carbocycles. The Morgan fingerprint density at radius 3 is 2.74 bits per heavy atom. The van der Waals surface area contributed by atoms with Crippen LogP contribution in [-0.4, -0.2) is 29.4 Å². The molecule has 0 unspecified atom stereocenters. The summed E-state index contributed by atoms with van der Waals surface area (Å²) >= 11 is 1.39. The first kappa shape index (κ1) is 17.5. The number of fused-ring (bicyclic) bond motifs is 1. The Morgan fingerprint density at radius 2 is 2.13 bits per heavy atom. The van der Waals surface area contributed by atoms with Gasteiger partial charge in [-0.3, -0.25) is 4.79 Å². The number of carbonyl (C=O) groups is 1. The molecule has 0 fully saturated rings. The van der Waals surface area contributed by atoms with E-state index in [0.717, 1.165) is 0 Å². The SMILES string of the molecule is CCOC(=O)c1cn(CC)c2c(SCCN)cc(F)cc2c1=O. The van der Waals surface area contributed by atoms with E-state index in [1.807, 2.05) is 6.92 Å². The Hall–Kier alpha value is -1.86. The fraction of sp³-hybridized carbons (Fsp3) is 0.375. The second kappa shape index (κ2) is 7.61. The van der Waals surface area contributed by atoms with Crippen LogP contribution in [0.3, 0.4) is 0 Å². The molecule has 2 rings (SSSR count). The number of esters is 1. The molecule has 2 N–H and O–H groups in total. The van der Waals surface area contributed by atoms with Gasteiger partial charge >= 0.3 is 5.97 Å². The third-order valence-electron chi connectivity index (χ3n) is 3.31. The van der Waals surface area contributed by atoms with Crippen LogP contribution in [0, 0.1) is 5.82 Å². The number of rotatable bonds is 6. The molecule has 0 aliphatic heterocycles. The minimum atomic E-state index is -0.693. The normalized spacial score (nSPS) is 11.0. The molecule has 7 heteroatoms. The highest BCUT2D eigenvalue weighted by Gasteiger charge is 2.19. The summed E-state index contributed by atoms with van der Waals surface area (Å²) in [6.07, 6.45) is 1.48.